The molecular formula is C22H37N3O2. The van der Waals surface area contributed by atoms with E-state index < -0.39 is 0 Å². The first kappa shape index (κ1) is 21.5. The fourth-order valence-electron chi connectivity index (χ4n) is 3.30. The summed E-state index contributed by atoms with van der Waals surface area (Å²) < 4.78 is 11.3. The van der Waals surface area contributed by atoms with Crippen molar-refractivity contribution >= 4 is 5.96 Å². The third-order valence-electron chi connectivity index (χ3n) is 5.48. The number of rotatable bonds is 8. The minimum atomic E-state index is 0.0203. The maximum atomic E-state index is 5.65. The van der Waals surface area contributed by atoms with E-state index in [1.807, 2.05) is 6.92 Å². The topological polar surface area (TPSA) is 54.9 Å². The van der Waals surface area contributed by atoms with Crippen LogP contribution >= 0.6 is 0 Å². The third kappa shape index (κ3) is 6.13. The molecule has 1 heterocycles. The Balaban J connectivity index is 2.21. The molecule has 0 aromatic heterocycles. The van der Waals surface area contributed by atoms with Crippen LogP contribution in [0.25, 0.3) is 0 Å². The molecule has 152 valence electrons. The summed E-state index contributed by atoms with van der Waals surface area (Å²) in [5.74, 6) is 2.38. The van der Waals surface area contributed by atoms with Crippen molar-refractivity contribution in [3.8, 4) is 5.75 Å². The molecule has 1 fully saturated rings. The van der Waals surface area contributed by atoms with Crippen LogP contribution < -0.4 is 15.4 Å². The molecular weight excluding hydrogens is 338 g/mol. The van der Waals surface area contributed by atoms with Crippen molar-refractivity contribution in [2.75, 3.05) is 32.9 Å². The second kappa shape index (κ2) is 10.5. The maximum Gasteiger partial charge on any atom is 0.191 e. The highest BCUT2D eigenvalue weighted by Gasteiger charge is 2.34. The molecule has 0 aliphatic carbocycles. The van der Waals surface area contributed by atoms with Gasteiger partial charge in [-0.2, -0.15) is 0 Å². The average Bonchev–Trinajstić information content (AvgIpc) is 2.67. The van der Waals surface area contributed by atoms with Crippen LogP contribution in [0.5, 0.6) is 5.75 Å². The Kier molecular flexibility index (Phi) is 8.42. The highest BCUT2D eigenvalue weighted by molar-refractivity contribution is 5.80. The fraction of sp³-hybridized carbons (Fsp3) is 0.682. The Labute approximate surface area is 164 Å². The smallest absolute Gasteiger partial charge is 0.191 e. The van der Waals surface area contributed by atoms with E-state index in [-0.39, 0.29) is 5.41 Å². The summed E-state index contributed by atoms with van der Waals surface area (Å²) in [7, 11) is 0. The first-order valence-electron chi connectivity index (χ1n) is 10.4. The Morgan fingerprint density at radius 3 is 2.37 bits per heavy atom. The van der Waals surface area contributed by atoms with Gasteiger partial charge in [-0.15, -0.1) is 0 Å². The van der Waals surface area contributed by atoms with Crippen molar-refractivity contribution in [2.45, 2.75) is 58.9 Å². The highest BCUT2D eigenvalue weighted by Crippen LogP contribution is 2.36. The minimum absolute atomic E-state index is 0.0203. The van der Waals surface area contributed by atoms with Crippen molar-refractivity contribution in [2.24, 2.45) is 10.9 Å². The Bertz CT molecular complexity index is 578. The quantitative estimate of drug-likeness (QED) is 0.537. The molecule has 0 bridgehead atoms. The lowest BCUT2D eigenvalue weighted by molar-refractivity contribution is 0.0531. The zero-order chi connectivity index (χ0) is 19.7. The van der Waals surface area contributed by atoms with E-state index in [0.717, 1.165) is 50.9 Å². The van der Waals surface area contributed by atoms with Crippen LogP contribution in [0.2, 0.25) is 0 Å². The lowest BCUT2D eigenvalue weighted by atomic mass is 9.74. The van der Waals surface area contributed by atoms with Crippen LogP contribution in [-0.2, 0) is 10.2 Å². The van der Waals surface area contributed by atoms with Gasteiger partial charge in [-0.25, -0.2) is 0 Å². The van der Waals surface area contributed by atoms with Crippen LogP contribution in [0.3, 0.4) is 0 Å². The van der Waals surface area contributed by atoms with Gasteiger partial charge in [0.05, 0.1) is 13.2 Å². The lowest BCUT2D eigenvalue weighted by Gasteiger charge is -2.37. The largest absolute Gasteiger partial charge is 0.494 e. The van der Waals surface area contributed by atoms with Crippen molar-refractivity contribution in [3.63, 3.8) is 0 Å². The van der Waals surface area contributed by atoms with Gasteiger partial charge < -0.3 is 20.1 Å². The monoisotopic (exact) mass is 375 g/mol. The van der Waals surface area contributed by atoms with Crippen LogP contribution in [0, 0.1) is 5.92 Å². The van der Waals surface area contributed by atoms with Crippen molar-refractivity contribution in [3.05, 3.63) is 29.8 Å². The number of ether oxygens (including phenoxy) is 2. The molecule has 5 heteroatoms. The van der Waals surface area contributed by atoms with Crippen LogP contribution in [-0.4, -0.2) is 44.9 Å². The van der Waals surface area contributed by atoms with E-state index in [0.29, 0.717) is 18.6 Å². The molecule has 1 saturated heterocycles. The van der Waals surface area contributed by atoms with Crippen LogP contribution in [0.4, 0.5) is 0 Å². The molecule has 1 aliphatic rings. The first-order chi connectivity index (χ1) is 13.0. The van der Waals surface area contributed by atoms with Gasteiger partial charge in [-0.05, 0) is 57.2 Å². The van der Waals surface area contributed by atoms with Crippen LogP contribution in [0.15, 0.2) is 29.3 Å². The molecule has 1 aromatic carbocycles. The highest BCUT2D eigenvalue weighted by atomic mass is 16.5. The summed E-state index contributed by atoms with van der Waals surface area (Å²) >= 11 is 0. The molecule has 2 rings (SSSR count). The Hall–Kier alpha value is -1.75. The number of nitrogens with zero attached hydrogens (tertiary/aromatic N) is 1. The Morgan fingerprint density at radius 2 is 1.81 bits per heavy atom. The molecule has 0 spiro atoms. The van der Waals surface area contributed by atoms with E-state index in [4.69, 9.17) is 14.5 Å². The SMILES string of the molecule is CCNC(=NCC1(c2ccc(OCC)cc2)CCOCC1)NC(C)C(C)C. The molecule has 1 unspecified atom stereocenters. The maximum absolute atomic E-state index is 5.65. The number of aliphatic imine (C=N–C) groups is 1. The third-order valence-corrected chi connectivity index (χ3v) is 5.48. The van der Waals surface area contributed by atoms with Gasteiger partial charge >= 0.3 is 0 Å². The first-order valence-corrected chi connectivity index (χ1v) is 10.4. The fourth-order valence-corrected chi connectivity index (χ4v) is 3.30. The summed E-state index contributed by atoms with van der Waals surface area (Å²) in [5.41, 5.74) is 1.35. The summed E-state index contributed by atoms with van der Waals surface area (Å²) in [4.78, 5) is 4.97. The lowest BCUT2D eigenvalue weighted by Crippen LogP contribution is -2.45. The number of benzene rings is 1. The summed E-state index contributed by atoms with van der Waals surface area (Å²) in [6.45, 7) is 14.6. The van der Waals surface area contributed by atoms with Gasteiger partial charge in [0.1, 0.15) is 5.75 Å². The molecule has 0 amide bonds. The van der Waals surface area contributed by atoms with E-state index in [1.165, 1.54) is 5.56 Å². The summed E-state index contributed by atoms with van der Waals surface area (Å²) in [6, 6.07) is 8.92. The average molecular weight is 376 g/mol. The zero-order valence-corrected chi connectivity index (χ0v) is 17.7. The van der Waals surface area contributed by atoms with Gasteiger partial charge in [-0.3, -0.25) is 4.99 Å². The van der Waals surface area contributed by atoms with Crippen LogP contribution in [0.1, 0.15) is 53.0 Å². The molecule has 5 nitrogen and oxygen atoms in total. The molecule has 1 aliphatic heterocycles. The summed E-state index contributed by atoms with van der Waals surface area (Å²) in [6.07, 6.45) is 1.98. The van der Waals surface area contributed by atoms with Gasteiger partial charge in [0.15, 0.2) is 5.96 Å². The standard InChI is InChI=1S/C22H37N3O2/c1-6-23-21(25-18(5)17(3)4)24-16-22(12-14-26-15-13-22)19-8-10-20(11-9-19)27-7-2/h8-11,17-18H,6-7,12-16H2,1-5H3,(H2,23,24,25). The molecule has 0 saturated carbocycles. The second-order valence-corrected chi connectivity index (χ2v) is 7.72. The normalized spacial score (nSPS) is 18.2. The number of hydrogen-bond donors (Lipinski definition) is 2. The van der Waals surface area contributed by atoms with E-state index >= 15 is 0 Å². The Morgan fingerprint density at radius 1 is 1.15 bits per heavy atom. The van der Waals surface area contributed by atoms with Gasteiger partial charge in [-0.1, -0.05) is 26.0 Å². The molecule has 1 atom stereocenters. The molecule has 27 heavy (non-hydrogen) atoms. The van der Waals surface area contributed by atoms with Gasteiger partial charge in [0.25, 0.3) is 0 Å². The predicted octanol–water partition coefficient (Wildman–Crippen LogP) is 3.73. The van der Waals surface area contributed by atoms with E-state index in [2.05, 4.69) is 62.6 Å². The van der Waals surface area contributed by atoms with Gasteiger partial charge in [0.2, 0.25) is 0 Å². The predicted molar refractivity (Wildman–Crippen MR) is 113 cm³/mol. The second-order valence-electron chi connectivity index (χ2n) is 7.72. The van der Waals surface area contributed by atoms with Gasteiger partial charge in [0, 0.05) is 31.2 Å². The van der Waals surface area contributed by atoms with E-state index in [9.17, 15) is 0 Å². The van der Waals surface area contributed by atoms with Crippen molar-refractivity contribution in [1.82, 2.24) is 10.6 Å². The molecule has 2 N–H and O–H groups in total. The number of nitrogens with one attached hydrogen (secondary N) is 2. The molecule has 1 aromatic rings. The van der Waals surface area contributed by atoms with E-state index in [1.54, 1.807) is 0 Å². The minimum Gasteiger partial charge on any atom is -0.494 e. The molecule has 0 radical (unpaired) electrons. The van der Waals surface area contributed by atoms with Crippen molar-refractivity contribution < 1.29 is 9.47 Å². The number of hydrogen-bond acceptors (Lipinski definition) is 3. The summed E-state index contributed by atoms with van der Waals surface area (Å²) in [5, 5.41) is 6.93. The number of guanidine groups is 1. The van der Waals surface area contributed by atoms with Crippen molar-refractivity contribution in [1.29, 1.82) is 0 Å². The zero-order valence-electron chi connectivity index (χ0n) is 17.7.